The van der Waals surface area contributed by atoms with E-state index in [2.05, 4.69) is 50.4 Å². The van der Waals surface area contributed by atoms with Crippen LogP contribution in [-0.4, -0.2) is 80.2 Å². The van der Waals surface area contributed by atoms with Gasteiger partial charge in [-0.3, -0.25) is 0 Å². The number of likely N-dealkylation sites (tertiary alicyclic amines) is 1. The molecule has 0 unspecified atom stereocenters. The highest BCUT2D eigenvalue weighted by atomic mass is 16.2. The lowest BCUT2D eigenvalue weighted by molar-refractivity contribution is 0.190. The van der Waals surface area contributed by atoms with Crippen molar-refractivity contribution in [1.82, 2.24) is 25.4 Å². The van der Waals surface area contributed by atoms with E-state index in [-0.39, 0.29) is 6.03 Å². The van der Waals surface area contributed by atoms with Gasteiger partial charge in [0.05, 0.1) is 0 Å². The third-order valence-electron chi connectivity index (χ3n) is 5.90. The second-order valence-corrected chi connectivity index (χ2v) is 8.30. The summed E-state index contributed by atoms with van der Waals surface area (Å²) in [4.78, 5) is 23.7. The van der Waals surface area contributed by atoms with Crippen LogP contribution in [0.15, 0.2) is 18.3 Å². The normalized spacial score (nSPS) is 19.6. The number of piperazine rings is 1. The van der Waals surface area contributed by atoms with Crippen LogP contribution in [0.2, 0.25) is 0 Å². The molecular formula is C21H36N6O. The van der Waals surface area contributed by atoms with Crippen LogP contribution in [0, 0.1) is 5.92 Å². The first-order chi connectivity index (χ1) is 13.6. The number of urea groups is 1. The van der Waals surface area contributed by atoms with Gasteiger partial charge in [0.2, 0.25) is 0 Å². The molecule has 0 bridgehead atoms. The first kappa shape index (κ1) is 20.9. The topological polar surface area (TPSA) is 63.7 Å². The average Bonchev–Trinajstić information content (AvgIpc) is 2.72. The zero-order valence-electron chi connectivity index (χ0n) is 17.5. The van der Waals surface area contributed by atoms with Gasteiger partial charge >= 0.3 is 6.03 Å². The van der Waals surface area contributed by atoms with Crippen LogP contribution in [0.25, 0.3) is 0 Å². The number of carbonyl (C=O) groups excluding carboxylic acids is 1. The first-order valence-electron chi connectivity index (χ1n) is 10.7. The SMILES string of the molecule is CC1CCN(CCCNC(=O)NCc2ccnc(N3CCN(C)CC3)c2)CC1. The van der Waals surface area contributed by atoms with Gasteiger partial charge in [0.25, 0.3) is 0 Å². The van der Waals surface area contributed by atoms with E-state index in [9.17, 15) is 4.79 Å². The van der Waals surface area contributed by atoms with Crippen LogP contribution < -0.4 is 15.5 Å². The molecule has 156 valence electrons. The minimum atomic E-state index is -0.0924. The van der Waals surface area contributed by atoms with Gasteiger partial charge in [0.1, 0.15) is 5.82 Å². The Bertz CT molecular complexity index is 609. The number of carbonyl (C=O) groups is 1. The van der Waals surface area contributed by atoms with Gasteiger partial charge in [0, 0.05) is 45.5 Å². The Hall–Kier alpha value is -1.86. The minimum Gasteiger partial charge on any atom is -0.354 e. The summed E-state index contributed by atoms with van der Waals surface area (Å²) in [6.45, 7) is 11.2. The van der Waals surface area contributed by atoms with E-state index in [1.54, 1.807) is 0 Å². The number of anilines is 1. The molecule has 2 saturated heterocycles. The van der Waals surface area contributed by atoms with E-state index < -0.39 is 0 Å². The summed E-state index contributed by atoms with van der Waals surface area (Å²) in [7, 11) is 2.15. The molecule has 2 aliphatic heterocycles. The number of nitrogens with zero attached hydrogens (tertiary/aromatic N) is 4. The number of rotatable bonds is 7. The second kappa shape index (κ2) is 10.6. The molecule has 7 heteroatoms. The quantitative estimate of drug-likeness (QED) is 0.697. The molecule has 0 saturated carbocycles. The van der Waals surface area contributed by atoms with Crippen LogP contribution in [0.3, 0.4) is 0 Å². The third kappa shape index (κ3) is 6.63. The molecule has 3 rings (SSSR count). The van der Waals surface area contributed by atoms with Gasteiger partial charge in [0.15, 0.2) is 0 Å². The number of hydrogen-bond acceptors (Lipinski definition) is 5. The zero-order valence-corrected chi connectivity index (χ0v) is 17.5. The van der Waals surface area contributed by atoms with Gasteiger partial charge < -0.3 is 25.3 Å². The highest BCUT2D eigenvalue weighted by molar-refractivity contribution is 5.73. The largest absolute Gasteiger partial charge is 0.354 e. The third-order valence-corrected chi connectivity index (χ3v) is 5.90. The first-order valence-corrected chi connectivity index (χ1v) is 10.7. The van der Waals surface area contributed by atoms with Crippen molar-refractivity contribution >= 4 is 11.8 Å². The maximum Gasteiger partial charge on any atom is 0.315 e. The van der Waals surface area contributed by atoms with Gasteiger partial charge in [-0.05, 0) is 69.6 Å². The molecule has 3 heterocycles. The van der Waals surface area contributed by atoms with E-state index in [4.69, 9.17) is 0 Å². The maximum absolute atomic E-state index is 12.1. The summed E-state index contributed by atoms with van der Waals surface area (Å²) >= 11 is 0. The molecule has 0 atom stereocenters. The van der Waals surface area contributed by atoms with E-state index in [1.165, 1.54) is 25.9 Å². The minimum absolute atomic E-state index is 0.0924. The molecule has 2 amide bonds. The Balaban J connectivity index is 1.32. The van der Waals surface area contributed by atoms with Crippen molar-refractivity contribution in [3.8, 4) is 0 Å². The average molecular weight is 389 g/mol. The monoisotopic (exact) mass is 388 g/mol. The van der Waals surface area contributed by atoms with Crippen LogP contribution in [0.5, 0.6) is 0 Å². The number of aromatic nitrogens is 1. The number of pyridine rings is 1. The van der Waals surface area contributed by atoms with Crippen LogP contribution in [0.4, 0.5) is 10.6 Å². The maximum atomic E-state index is 12.1. The summed E-state index contributed by atoms with van der Waals surface area (Å²) < 4.78 is 0. The molecular weight excluding hydrogens is 352 g/mol. The fourth-order valence-electron chi connectivity index (χ4n) is 3.81. The molecule has 0 spiro atoms. The number of likely N-dealkylation sites (N-methyl/N-ethyl adjacent to an activating group) is 1. The highest BCUT2D eigenvalue weighted by Crippen LogP contribution is 2.16. The van der Waals surface area contributed by atoms with Crippen molar-refractivity contribution in [3.05, 3.63) is 23.9 Å². The Morgan fingerprint density at radius 1 is 1.14 bits per heavy atom. The number of nitrogens with one attached hydrogen (secondary N) is 2. The standard InChI is InChI=1S/C21H36N6O/c1-18-5-10-26(11-6-18)9-3-7-23-21(28)24-17-19-4-8-22-20(16-19)27-14-12-25(2)13-15-27/h4,8,16,18H,3,5-7,9-15,17H2,1-2H3,(H2,23,24,28). The lowest BCUT2D eigenvalue weighted by Crippen LogP contribution is -2.44. The predicted octanol–water partition coefficient (Wildman–Crippen LogP) is 1.75. The Labute approximate surface area is 169 Å². The van der Waals surface area contributed by atoms with Crippen molar-refractivity contribution in [2.45, 2.75) is 32.7 Å². The zero-order chi connectivity index (χ0) is 19.8. The van der Waals surface area contributed by atoms with Crippen molar-refractivity contribution in [1.29, 1.82) is 0 Å². The number of amides is 2. The van der Waals surface area contributed by atoms with Crippen molar-refractivity contribution in [3.63, 3.8) is 0 Å². The fourth-order valence-corrected chi connectivity index (χ4v) is 3.81. The summed E-state index contributed by atoms with van der Waals surface area (Å²) in [5, 5.41) is 5.94. The van der Waals surface area contributed by atoms with E-state index >= 15 is 0 Å². The molecule has 2 aliphatic rings. The van der Waals surface area contributed by atoms with Gasteiger partial charge in [-0.2, -0.15) is 0 Å². The molecule has 1 aromatic rings. The van der Waals surface area contributed by atoms with Gasteiger partial charge in [-0.25, -0.2) is 9.78 Å². The van der Waals surface area contributed by atoms with E-state index in [0.29, 0.717) is 6.54 Å². The van der Waals surface area contributed by atoms with E-state index in [1.807, 2.05) is 12.3 Å². The molecule has 2 fully saturated rings. The van der Waals surface area contributed by atoms with Crippen molar-refractivity contribution in [2.24, 2.45) is 5.92 Å². The highest BCUT2D eigenvalue weighted by Gasteiger charge is 2.16. The second-order valence-electron chi connectivity index (χ2n) is 8.30. The van der Waals surface area contributed by atoms with Gasteiger partial charge in [-0.1, -0.05) is 6.92 Å². The van der Waals surface area contributed by atoms with Gasteiger partial charge in [-0.15, -0.1) is 0 Å². The summed E-state index contributed by atoms with van der Waals surface area (Å²) in [5.41, 5.74) is 1.08. The summed E-state index contributed by atoms with van der Waals surface area (Å²) in [6, 6.07) is 3.96. The Morgan fingerprint density at radius 2 is 1.89 bits per heavy atom. The van der Waals surface area contributed by atoms with Crippen LogP contribution in [-0.2, 0) is 6.54 Å². The molecule has 2 N–H and O–H groups in total. The number of hydrogen-bond donors (Lipinski definition) is 2. The fraction of sp³-hybridized carbons (Fsp3) is 0.714. The van der Waals surface area contributed by atoms with Crippen LogP contribution in [0.1, 0.15) is 31.7 Å². The molecule has 0 radical (unpaired) electrons. The smallest absolute Gasteiger partial charge is 0.315 e. The Morgan fingerprint density at radius 3 is 2.64 bits per heavy atom. The Kier molecular flexibility index (Phi) is 7.91. The molecule has 1 aromatic heterocycles. The number of piperidine rings is 1. The lowest BCUT2D eigenvalue weighted by Gasteiger charge is -2.33. The van der Waals surface area contributed by atoms with Crippen molar-refractivity contribution in [2.75, 3.05) is 64.3 Å². The van der Waals surface area contributed by atoms with Crippen LogP contribution >= 0.6 is 0 Å². The van der Waals surface area contributed by atoms with Crippen molar-refractivity contribution < 1.29 is 4.79 Å². The molecule has 0 aromatic carbocycles. The molecule has 28 heavy (non-hydrogen) atoms. The van der Waals surface area contributed by atoms with E-state index in [0.717, 1.165) is 63.0 Å². The summed E-state index contributed by atoms with van der Waals surface area (Å²) in [6.07, 6.45) is 5.44. The molecule has 7 nitrogen and oxygen atoms in total. The summed E-state index contributed by atoms with van der Waals surface area (Å²) in [5.74, 6) is 1.87. The predicted molar refractivity (Wildman–Crippen MR) is 114 cm³/mol. The lowest BCUT2D eigenvalue weighted by atomic mass is 9.99. The molecule has 0 aliphatic carbocycles.